The van der Waals surface area contributed by atoms with Gasteiger partial charge in [0.2, 0.25) is 15.0 Å². The van der Waals surface area contributed by atoms with Crippen LogP contribution in [0.3, 0.4) is 0 Å². The monoisotopic (exact) mass is 228 g/mol. The van der Waals surface area contributed by atoms with Crippen LogP contribution in [0, 0.1) is 0 Å². The number of allylic oxidation sites excluding steroid dienone is 1. The first-order valence-corrected chi connectivity index (χ1v) is 6.23. The first-order chi connectivity index (χ1) is 7.09. The predicted molar refractivity (Wildman–Crippen MR) is 57.7 cm³/mol. The summed E-state index contributed by atoms with van der Waals surface area (Å²) in [4.78, 5) is -0.00477. The summed E-state index contributed by atoms with van der Waals surface area (Å²) < 4.78 is 36.5. The average Bonchev–Trinajstić information content (AvgIpc) is 2.27. The fourth-order valence-electron chi connectivity index (χ4n) is 1.08. The summed E-state index contributed by atoms with van der Waals surface area (Å²) in [6, 6.07) is 7.59. The molecule has 0 aliphatic carbocycles. The third-order valence-electron chi connectivity index (χ3n) is 1.90. The zero-order valence-corrected chi connectivity index (χ0v) is 9.30. The number of benzene rings is 1. The Balaban J connectivity index is 3.04. The van der Waals surface area contributed by atoms with E-state index in [1.807, 2.05) is 6.92 Å². The number of rotatable bonds is 4. The molecular weight excluding hydrogens is 215 g/mol. The molecule has 15 heavy (non-hydrogen) atoms. The minimum absolute atomic E-state index is 0.00477. The summed E-state index contributed by atoms with van der Waals surface area (Å²) in [7, 11) is -3.92. The highest BCUT2D eigenvalue weighted by atomic mass is 32.2. The molecule has 4 heteroatoms. The molecule has 0 aliphatic rings. The zero-order valence-electron chi connectivity index (χ0n) is 8.48. The van der Waals surface area contributed by atoms with Crippen molar-refractivity contribution in [3.05, 3.63) is 41.6 Å². The summed E-state index contributed by atoms with van der Waals surface area (Å²) >= 11 is 0. The lowest BCUT2D eigenvalue weighted by Gasteiger charge is -2.00. The molecule has 2 nitrogen and oxygen atoms in total. The molecule has 0 aliphatic heterocycles. The third kappa shape index (κ3) is 2.89. The van der Waals surface area contributed by atoms with Gasteiger partial charge in [0.05, 0.1) is 4.90 Å². The second-order valence-corrected chi connectivity index (χ2v) is 4.98. The third-order valence-corrected chi connectivity index (χ3v) is 3.48. The summed E-state index contributed by atoms with van der Waals surface area (Å²) in [6.45, 7) is 1.86. The molecule has 0 fully saturated rings. The van der Waals surface area contributed by atoms with Crippen LogP contribution < -0.4 is 0 Å². The molecule has 0 heterocycles. The van der Waals surface area contributed by atoms with Crippen molar-refractivity contribution in [3.8, 4) is 0 Å². The number of sulfone groups is 1. The van der Waals surface area contributed by atoms with E-state index in [1.54, 1.807) is 18.2 Å². The molecule has 1 rings (SSSR count). The standard InChI is InChI=1S/C11H13FO2S/c1-2-3-9-11(12)15(13,14)10-7-5-4-6-8-10/h4-9H,2-3H2,1H3/b11-9-. The van der Waals surface area contributed by atoms with Crippen LogP contribution in [0.2, 0.25) is 0 Å². The summed E-state index contributed by atoms with van der Waals surface area (Å²) in [5.74, 6) is 0. The van der Waals surface area contributed by atoms with Crippen LogP contribution >= 0.6 is 0 Å². The summed E-state index contributed by atoms with van der Waals surface area (Å²) in [5, 5.41) is -1.06. The first-order valence-electron chi connectivity index (χ1n) is 4.75. The highest BCUT2D eigenvalue weighted by Gasteiger charge is 2.19. The van der Waals surface area contributed by atoms with Crippen LogP contribution in [0.25, 0.3) is 0 Å². The van der Waals surface area contributed by atoms with E-state index in [1.165, 1.54) is 12.1 Å². The van der Waals surface area contributed by atoms with Gasteiger partial charge in [0.25, 0.3) is 0 Å². The Morgan fingerprint density at radius 2 is 1.93 bits per heavy atom. The first kappa shape index (κ1) is 11.9. The fourth-order valence-corrected chi connectivity index (χ4v) is 2.16. The predicted octanol–water partition coefficient (Wildman–Crippen LogP) is 3.07. The van der Waals surface area contributed by atoms with Gasteiger partial charge in [0.15, 0.2) is 0 Å². The van der Waals surface area contributed by atoms with Crippen molar-refractivity contribution in [1.82, 2.24) is 0 Å². The van der Waals surface area contributed by atoms with E-state index in [0.29, 0.717) is 6.42 Å². The Kier molecular flexibility index (Phi) is 4.03. The van der Waals surface area contributed by atoms with Crippen molar-refractivity contribution in [2.45, 2.75) is 24.7 Å². The molecule has 0 atom stereocenters. The maximum atomic E-state index is 13.3. The number of unbranched alkanes of at least 4 members (excludes halogenated alkanes) is 1. The highest BCUT2D eigenvalue weighted by molar-refractivity contribution is 7.95. The van der Waals surface area contributed by atoms with E-state index < -0.39 is 15.0 Å². The van der Waals surface area contributed by atoms with Crippen molar-refractivity contribution < 1.29 is 12.8 Å². The van der Waals surface area contributed by atoms with Crippen LogP contribution in [0.4, 0.5) is 4.39 Å². The largest absolute Gasteiger partial charge is 0.232 e. The van der Waals surface area contributed by atoms with Gasteiger partial charge >= 0.3 is 0 Å². The smallest absolute Gasteiger partial charge is 0.216 e. The Bertz CT molecular complexity index is 435. The highest BCUT2D eigenvalue weighted by Crippen LogP contribution is 2.20. The van der Waals surface area contributed by atoms with Gasteiger partial charge in [-0.1, -0.05) is 31.5 Å². The molecule has 1 aromatic rings. The summed E-state index contributed by atoms with van der Waals surface area (Å²) in [6.07, 6.45) is 2.26. The van der Waals surface area contributed by atoms with Crippen molar-refractivity contribution in [2.24, 2.45) is 0 Å². The van der Waals surface area contributed by atoms with Gasteiger partial charge < -0.3 is 0 Å². The molecule has 0 N–H and O–H groups in total. The zero-order chi connectivity index (χ0) is 11.3. The maximum absolute atomic E-state index is 13.3. The van der Waals surface area contributed by atoms with E-state index in [0.717, 1.165) is 12.5 Å². The van der Waals surface area contributed by atoms with Crippen LogP contribution in [0.15, 0.2) is 46.5 Å². The normalized spacial score (nSPS) is 12.8. The molecule has 0 amide bonds. The van der Waals surface area contributed by atoms with Crippen molar-refractivity contribution in [3.63, 3.8) is 0 Å². The van der Waals surface area contributed by atoms with Gasteiger partial charge in [0, 0.05) is 0 Å². The van der Waals surface area contributed by atoms with Gasteiger partial charge in [0.1, 0.15) is 0 Å². The molecular formula is C11H13FO2S. The molecule has 0 saturated heterocycles. The maximum Gasteiger partial charge on any atom is 0.232 e. The molecule has 0 unspecified atom stereocenters. The molecule has 0 radical (unpaired) electrons. The lowest BCUT2D eigenvalue weighted by Crippen LogP contribution is -2.00. The minimum Gasteiger partial charge on any atom is -0.216 e. The molecule has 0 saturated carbocycles. The lowest BCUT2D eigenvalue weighted by atomic mass is 10.3. The van der Waals surface area contributed by atoms with E-state index in [4.69, 9.17) is 0 Å². The Morgan fingerprint density at radius 3 is 2.47 bits per heavy atom. The number of halogens is 1. The quantitative estimate of drug-likeness (QED) is 0.793. The Labute approximate surface area is 89.4 Å². The van der Waals surface area contributed by atoms with Gasteiger partial charge in [-0.3, -0.25) is 0 Å². The van der Waals surface area contributed by atoms with Gasteiger partial charge in [-0.05, 0) is 24.6 Å². The van der Waals surface area contributed by atoms with E-state index in [2.05, 4.69) is 0 Å². The molecule has 0 spiro atoms. The van der Waals surface area contributed by atoms with Crippen LogP contribution in [-0.2, 0) is 9.84 Å². The number of hydrogen-bond acceptors (Lipinski definition) is 2. The minimum atomic E-state index is -3.92. The molecule has 0 aromatic heterocycles. The SMILES string of the molecule is CCC/C=C(/F)S(=O)(=O)c1ccccc1. The van der Waals surface area contributed by atoms with Crippen LogP contribution in [0.1, 0.15) is 19.8 Å². The Morgan fingerprint density at radius 1 is 1.33 bits per heavy atom. The lowest BCUT2D eigenvalue weighted by molar-refractivity contribution is 0.575. The van der Waals surface area contributed by atoms with Crippen molar-refractivity contribution in [2.75, 3.05) is 0 Å². The molecule has 0 bridgehead atoms. The van der Waals surface area contributed by atoms with Gasteiger partial charge in [-0.25, -0.2) is 8.42 Å². The van der Waals surface area contributed by atoms with Gasteiger partial charge in [-0.15, -0.1) is 0 Å². The van der Waals surface area contributed by atoms with E-state index in [-0.39, 0.29) is 4.90 Å². The van der Waals surface area contributed by atoms with E-state index >= 15 is 0 Å². The van der Waals surface area contributed by atoms with E-state index in [9.17, 15) is 12.8 Å². The fraction of sp³-hybridized carbons (Fsp3) is 0.273. The topological polar surface area (TPSA) is 34.1 Å². The second kappa shape index (κ2) is 5.07. The Hall–Kier alpha value is -1.16. The molecule has 1 aromatic carbocycles. The number of hydrogen-bond donors (Lipinski definition) is 0. The van der Waals surface area contributed by atoms with Crippen LogP contribution in [-0.4, -0.2) is 8.42 Å². The average molecular weight is 228 g/mol. The van der Waals surface area contributed by atoms with Crippen LogP contribution in [0.5, 0.6) is 0 Å². The summed E-state index contributed by atoms with van der Waals surface area (Å²) in [5.41, 5.74) is 0. The van der Waals surface area contributed by atoms with Gasteiger partial charge in [-0.2, -0.15) is 4.39 Å². The van der Waals surface area contributed by atoms with Crippen molar-refractivity contribution in [1.29, 1.82) is 0 Å². The molecule has 82 valence electrons. The van der Waals surface area contributed by atoms with Crippen molar-refractivity contribution >= 4 is 9.84 Å². The second-order valence-electron chi connectivity index (χ2n) is 3.11.